The molecule has 6 nitrogen and oxygen atoms in total. The number of benzene rings is 2. The van der Waals surface area contributed by atoms with Gasteiger partial charge in [-0.2, -0.15) is 0 Å². The van der Waals surface area contributed by atoms with Gasteiger partial charge in [0.25, 0.3) is 0 Å². The van der Waals surface area contributed by atoms with Crippen LogP contribution in [-0.4, -0.2) is 32.0 Å². The van der Waals surface area contributed by atoms with Crippen molar-refractivity contribution < 1.29 is 14.3 Å². The van der Waals surface area contributed by atoms with Gasteiger partial charge in [0, 0.05) is 18.7 Å². The third-order valence-corrected chi connectivity index (χ3v) is 4.67. The zero-order valence-electron chi connectivity index (χ0n) is 16.8. The number of methoxy groups -OCH3 is 1. The molecule has 150 valence electrons. The maximum Gasteiger partial charge on any atom is 0.239 e. The first kappa shape index (κ1) is 21.3. The van der Waals surface area contributed by atoms with Crippen LogP contribution in [0.4, 0.5) is 5.69 Å². The number of nitrogens with two attached hydrogens (primary N) is 1. The number of nitrogens with one attached hydrogen (secondary N) is 1. The number of hydrogen-bond donors (Lipinski definition) is 2. The van der Waals surface area contributed by atoms with Crippen LogP contribution in [0.1, 0.15) is 37.4 Å². The van der Waals surface area contributed by atoms with Crippen molar-refractivity contribution in [3.05, 3.63) is 59.7 Å². The Kier molecular flexibility index (Phi) is 7.87. The van der Waals surface area contributed by atoms with Crippen LogP contribution in [0.15, 0.2) is 48.5 Å². The number of anilines is 1. The van der Waals surface area contributed by atoms with Gasteiger partial charge < -0.3 is 20.7 Å². The Morgan fingerprint density at radius 1 is 1.11 bits per heavy atom. The molecule has 0 heterocycles. The molecule has 0 aliphatic heterocycles. The van der Waals surface area contributed by atoms with E-state index >= 15 is 0 Å². The van der Waals surface area contributed by atoms with Gasteiger partial charge in [-0.3, -0.25) is 9.59 Å². The predicted molar refractivity (Wildman–Crippen MR) is 111 cm³/mol. The van der Waals surface area contributed by atoms with E-state index in [0.717, 1.165) is 23.4 Å². The summed E-state index contributed by atoms with van der Waals surface area (Å²) in [6.45, 7) is 4.58. The summed E-state index contributed by atoms with van der Waals surface area (Å²) in [5, 5.41) is 3.02. The van der Waals surface area contributed by atoms with Gasteiger partial charge in [-0.15, -0.1) is 0 Å². The molecular formula is C22H29N3O3. The summed E-state index contributed by atoms with van der Waals surface area (Å²) in [5.74, 6) is 0.211. The van der Waals surface area contributed by atoms with Crippen LogP contribution in [0, 0.1) is 0 Å². The Hall–Kier alpha value is -3.02. The van der Waals surface area contributed by atoms with E-state index < -0.39 is 5.91 Å². The van der Waals surface area contributed by atoms with Crippen molar-refractivity contribution in [2.45, 2.75) is 32.7 Å². The summed E-state index contributed by atoms with van der Waals surface area (Å²) in [5.41, 5.74) is 8.44. The number of hydrogen-bond acceptors (Lipinski definition) is 4. The summed E-state index contributed by atoms with van der Waals surface area (Å²) in [6, 6.07) is 15.5. The fourth-order valence-corrected chi connectivity index (χ4v) is 2.92. The van der Waals surface area contributed by atoms with Gasteiger partial charge in [0.05, 0.1) is 19.7 Å². The Labute approximate surface area is 166 Å². The molecule has 0 saturated heterocycles. The summed E-state index contributed by atoms with van der Waals surface area (Å²) in [6.07, 6.45) is 1.16. The van der Waals surface area contributed by atoms with Crippen molar-refractivity contribution in [3.8, 4) is 5.75 Å². The summed E-state index contributed by atoms with van der Waals surface area (Å²) in [7, 11) is 1.60. The van der Waals surface area contributed by atoms with Crippen molar-refractivity contribution in [1.82, 2.24) is 5.32 Å². The number of carbonyl (C=O) groups is 2. The van der Waals surface area contributed by atoms with Crippen LogP contribution in [0.2, 0.25) is 0 Å². The quantitative estimate of drug-likeness (QED) is 0.661. The molecule has 6 heteroatoms. The molecule has 1 unspecified atom stereocenters. The van der Waals surface area contributed by atoms with Crippen LogP contribution in [0.3, 0.4) is 0 Å². The van der Waals surface area contributed by atoms with E-state index in [9.17, 15) is 9.59 Å². The second kappa shape index (κ2) is 10.3. The minimum absolute atomic E-state index is 0.104. The molecule has 0 saturated carbocycles. The minimum Gasteiger partial charge on any atom is -0.497 e. The molecule has 2 aromatic rings. The highest BCUT2D eigenvalue weighted by atomic mass is 16.5. The highest BCUT2D eigenvalue weighted by Crippen LogP contribution is 2.20. The second-order valence-corrected chi connectivity index (χ2v) is 6.72. The predicted octanol–water partition coefficient (Wildman–Crippen LogP) is 2.82. The number of aryl methyl sites for hydroxylation is 1. The molecule has 0 aromatic heterocycles. The molecule has 28 heavy (non-hydrogen) atoms. The van der Waals surface area contributed by atoms with Crippen LogP contribution in [0.5, 0.6) is 5.75 Å². The van der Waals surface area contributed by atoms with Crippen LogP contribution < -0.4 is 20.7 Å². The Morgan fingerprint density at radius 2 is 1.75 bits per heavy atom. The maximum atomic E-state index is 12.6. The molecule has 0 aliphatic carbocycles. The number of amides is 2. The minimum atomic E-state index is -0.400. The van der Waals surface area contributed by atoms with Gasteiger partial charge in [-0.05, 0) is 48.7 Å². The fraction of sp³-hybridized carbons (Fsp3) is 0.364. The molecule has 2 amide bonds. The first-order valence-electron chi connectivity index (χ1n) is 9.48. The molecular weight excluding hydrogens is 354 g/mol. The molecule has 0 bridgehead atoms. The zero-order valence-corrected chi connectivity index (χ0v) is 16.8. The number of primary amides is 1. The highest BCUT2D eigenvalue weighted by molar-refractivity contribution is 5.82. The van der Waals surface area contributed by atoms with Crippen molar-refractivity contribution in [2.75, 3.05) is 25.1 Å². The lowest BCUT2D eigenvalue weighted by molar-refractivity contribution is -0.121. The lowest BCUT2D eigenvalue weighted by Crippen LogP contribution is -2.39. The first-order valence-corrected chi connectivity index (χ1v) is 9.48. The molecule has 2 rings (SSSR count). The molecule has 0 aliphatic rings. The SMILES string of the molecule is CCc1ccc(C(C)NC(=O)CN(CCC(N)=O)c2ccc(OC)cc2)cc1. The lowest BCUT2D eigenvalue weighted by atomic mass is 10.0. The molecule has 1 atom stereocenters. The molecule has 3 N–H and O–H groups in total. The second-order valence-electron chi connectivity index (χ2n) is 6.72. The molecule has 0 spiro atoms. The third kappa shape index (κ3) is 6.30. The van der Waals surface area contributed by atoms with E-state index in [1.165, 1.54) is 5.56 Å². The summed E-state index contributed by atoms with van der Waals surface area (Å²) in [4.78, 5) is 25.7. The monoisotopic (exact) mass is 383 g/mol. The van der Waals surface area contributed by atoms with Crippen LogP contribution in [-0.2, 0) is 16.0 Å². The largest absolute Gasteiger partial charge is 0.497 e. The third-order valence-electron chi connectivity index (χ3n) is 4.67. The van der Waals surface area contributed by atoms with E-state index in [2.05, 4.69) is 24.4 Å². The average Bonchev–Trinajstić information content (AvgIpc) is 2.71. The Morgan fingerprint density at radius 3 is 2.29 bits per heavy atom. The summed E-state index contributed by atoms with van der Waals surface area (Å²) < 4.78 is 5.17. The van der Waals surface area contributed by atoms with E-state index in [0.29, 0.717) is 6.54 Å². The van der Waals surface area contributed by atoms with Gasteiger partial charge in [0.1, 0.15) is 5.75 Å². The van der Waals surface area contributed by atoms with Gasteiger partial charge in [0.15, 0.2) is 0 Å². The van der Waals surface area contributed by atoms with Crippen molar-refractivity contribution in [2.24, 2.45) is 5.73 Å². The first-order chi connectivity index (χ1) is 13.4. The van der Waals surface area contributed by atoms with Crippen LogP contribution in [0.25, 0.3) is 0 Å². The maximum absolute atomic E-state index is 12.6. The van der Waals surface area contributed by atoms with Gasteiger partial charge in [-0.25, -0.2) is 0 Å². The van der Waals surface area contributed by atoms with Crippen molar-refractivity contribution >= 4 is 17.5 Å². The number of ether oxygens (including phenoxy) is 1. The fourth-order valence-electron chi connectivity index (χ4n) is 2.92. The number of carbonyl (C=O) groups excluding carboxylic acids is 2. The van der Waals surface area contributed by atoms with Crippen molar-refractivity contribution in [3.63, 3.8) is 0 Å². The Bertz CT molecular complexity index is 773. The zero-order chi connectivity index (χ0) is 20.5. The van der Waals surface area contributed by atoms with Gasteiger partial charge in [-0.1, -0.05) is 31.2 Å². The van der Waals surface area contributed by atoms with Gasteiger partial charge in [0.2, 0.25) is 11.8 Å². The Balaban J connectivity index is 2.04. The van der Waals surface area contributed by atoms with Crippen molar-refractivity contribution in [1.29, 1.82) is 0 Å². The molecule has 0 fully saturated rings. The van der Waals surface area contributed by atoms with E-state index in [1.54, 1.807) is 7.11 Å². The molecule has 0 radical (unpaired) electrons. The van der Waals surface area contributed by atoms with E-state index in [-0.39, 0.29) is 24.9 Å². The highest BCUT2D eigenvalue weighted by Gasteiger charge is 2.15. The smallest absolute Gasteiger partial charge is 0.239 e. The number of rotatable bonds is 10. The topological polar surface area (TPSA) is 84.7 Å². The average molecular weight is 383 g/mol. The van der Waals surface area contributed by atoms with E-state index in [1.807, 2.05) is 48.2 Å². The normalized spacial score (nSPS) is 11.5. The summed E-state index contributed by atoms with van der Waals surface area (Å²) >= 11 is 0. The number of nitrogens with zero attached hydrogens (tertiary/aromatic N) is 1. The van der Waals surface area contributed by atoms with E-state index in [4.69, 9.17) is 10.5 Å². The molecule has 2 aromatic carbocycles. The standard InChI is InChI=1S/C22H29N3O3/c1-4-17-5-7-18(8-6-17)16(2)24-22(27)15-25(14-13-21(23)26)19-9-11-20(28-3)12-10-19/h5-12,16H,4,13-15H2,1-3H3,(H2,23,26)(H,24,27). The lowest BCUT2D eigenvalue weighted by Gasteiger charge is -2.25. The van der Waals surface area contributed by atoms with Crippen LogP contribution >= 0.6 is 0 Å². The van der Waals surface area contributed by atoms with Gasteiger partial charge >= 0.3 is 0 Å².